The van der Waals surface area contributed by atoms with Gasteiger partial charge in [-0.25, -0.2) is 4.39 Å². The highest BCUT2D eigenvalue weighted by atomic mass is 19.1. The lowest BCUT2D eigenvalue weighted by Crippen LogP contribution is -2.45. The minimum atomic E-state index is -1.58. The van der Waals surface area contributed by atoms with Crippen molar-refractivity contribution in [2.75, 3.05) is 6.54 Å². The van der Waals surface area contributed by atoms with Crippen LogP contribution in [0.5, 0.6) is 0 Å². The van der Waals surface area contributed by atoms with E-state index in [1.54, 1.807) is 6.92 Å². The molecule has 0 fully saturated rings. The number of rotatable bonds is 5. The lowest BCUT2D eigenvalue weighted by atomic mass is 10.1. The third-order valence-corrected chi connectivity index (χ3v) is 2.59. The third-order valence-electron chi connectivity index (χ3n) is 2.59. The van der Waals surface area contributed by atoms with Crippen molar-refractivity contribution in [2.24, 2.45) is 0 Å². The quantitative estimate of drug-likeness (QED) is 0.628. The predicted octanol–water partition coefficient (Wildman–Crippen LogP) is 1.13. The van der Waals surface area contributed by atoms with Gasteiger partial charge in [-0.3, -0.25) is 19.7 Å². The Morgan fingerprint density at radius 3 is 2.52 bits per heavy atom. The summed E-state index contributed by atoms with van der Waals surface area (Å²) >= 11 is 0. The van der Waals surface area contributed by atoms with Crippen LogP contribution in [0.1, 0.15) is 24.2 Å². The molecule has 1 rings (SSSR count). The molecule has 0 aliphatic heterocycles. The van der Waals surface area contributed by atoms with Crippen molar-refractivity contribution in [1.82, 2.24) is 10.6 Å². The number of nitro benzene ring substituents is 1. The molecule has 2 N–H and O–H groups in total. The maximum atomic E-state index is 13.8. The first-order valence-electron chi connectivity index (χ1n) is 6.00. The number of carbonyl (C=O) groups is 2. The van der Waals surface area contributed by atoms with Crippen LogP contribution in [0.3, 0.4) is 0 Å². The van der Waals surface area contributed by atoms with Crippen LogP contribution in [0.25, 0.3) is 0 Å². The average molecular weight is 301 g/mol. The van der Waals surface area contributed by atoms with Gasteiger partial charge in [-0.2, -0.15) is 4.39 Å². The van der Waals surface area contributed by atoms with Crippen molar-refractivity contribution in [3.8, 4) is 0 Å². The summed E-state index contributed by atoms with van der Waals surface area (Å²) in [4.78, 5) is 32.7. The van der Waals surface area contributed by atoms with Gasteiger partial charge in [-0.15, -0.1) is 0 Å². The number of benzene rings is 1. The molecule has 0 saturated heterocycles. The number of nitrogens with one attached hydrogen (secondary N) is 2. The second-order valence-corrected chi connectivity index (χ2v) is 4.10. The molecule has 2 amide bonds. The van der Waals surface area contributed by atoms with Gasteiger partial charge in [0.2, 0.25) is 11.7 Å². The van der Waals surface area contributed by atoms with Gasteiger partial charge in [0, 0.05) is 12.6 Å². The summed E-state index contributed by atoms with van der Waals surface area (Å²) in [6.07, 6.45) is 0. The van der Waals surface area contributed by atoms with Crippen LogP contribution in [0.4, 0.5) is 14.5 Å². The SMILES string of the molecule is CCNC(=O)C(C)NC(=O)c1c(F)ccc([N+](=O)[O-])c1F. The molecule has 0 heterocycles. The zero-order valence-electron chi connectivity index (χ0n) is 11.3. The minimum absolute atomic E-state index is 0.318. The van der Waals surface area contributed by atoms with Crippen molar-refractivity contribution in [3.05, 3.63) is 39.4 Å². The van der Waals surface area contributed by atoms with E-state index in [2.05, 4.69) is 10.6 Å². The predicted molar refractivity (Wildman–Crippen MR) is 68.6 cm³/mol. The summed E-state index contributed by atoms with van der Waals surface area (Å²) in [6, 6.07) is 0.192. The molecule has 1 aromatic rings. The number of halogens is 2. The molecule has 0 bridgehead atoms. The molecular formula is C12H13F2N3O4. The number of carbonyl (C=O) groups excluding carboxylic acids is 2. The second kappa shape index (κ2) is 6.73. The average Bonchev–Trinajstić information content (AvgIpc) is 2.38. The highest BCUT2D eigenvalue weighted by molar-refractivity contribution is 5.98. The Morgan fingerprint density at radius 1 is 1.38 bits per heavy atom. The molecule has 0 spiro atoms. The fourth-order valence-electron chi connectivity index (χ4n) is 1.55. The van der Waals surface area contributed by atoms with Crippen molar-refractivity contribution >= 4 is 17.5 Å². The first-order valence-corrected chi connectivity index (χ1v) is 6.00. The van der Waals surface area contributed by atoms with Crippen LogP contribution in [0.15, 0.2) is 12.1 Å². The molecular weight excluding hydrogens is 288 g/mol. The van der Waals surface area contributed by atoms with E-state index in [0.717, 1.165) is 0 Å². The molecule has 21 heavy (non-hydrogen) atoms. The van der Waals surface area contributed by atoms with E-state index >= 15 is 0 Å². The van der Waals surface area contributed by atoms with Crippen LogP contribution in [-0.4, -0.2) is 29.3 Å². The van der Waals surface area contributed by atoms with Gasteiger partial charge in [0.15, 0.2) is 0 Å². The number of nitro groups is 1. The molecule has 0 saturated carbocycles. The Labute approximate surface area is 118 Å². The van der Waals surface area contributed by atoms with Crippen molar-refractivity contribution in [2.45, 2.75) is 19.9 Å². The third kappa shape index (κ3) is 3.71. The fraction of sp³-hybridized carbons (Fsp3) is 0.333. The van der Waals surface area contributed by atoms with Gasteiger partial charge < -0.3 is 10.6 Å². The van der Waals surface area contributed by atoms with E-state index < -0.39 is 45.7 Å². The van der Waals surface area contributed by atoms with Crippen molar-refractivity contribution in [3.63, 3.8) is 0 Å². The maximum Gasteiger partial charge on any atom is 0.305 e. The van der Waals surface area contributed by atoms with Crippen LogP contribution in [0.2, 0.25) is 0 Å². The van der Waals surface area contributed by atoms with Crippen LogP contribution >= 0.6 is 0 Å². The fourth-order valence-corrected chi connectivity index (χ4v) is 1.55. The lowest BCUT2D eigenvalue weighted by Gasteiger charge is -2.13. The zero-order chi connectivity index (χ0) is 16.2. The summed E-state index contributed by atoms with van der Waals surface area (Å²) in [5, 5.41) is 15.1. The lowest BCUT2D eigenvalue weighted by molar-refractivity contribution is -0.387. The molecule has 0 aliphatic rings. The molecule has 1 aromatic carbocycles. The Hall–Kier alpha value is -2.58. The van der Waals surface area contributed by atoms with Gasteiger partial charge in [-0.05, 0) is 19.9 Å². The smallest absolute Gasteiger partial charge is 0.305 e. The van der Waals surface area contributed by atoms with E-state index in [1.807, 2.05) is 0 Å². The molecule has 0 radical (unpaired) electrons. The van der Waals surface area contributed by atoms with Gasteiger partial charge in [0.05, 0.1) is 4.92 Å². The van der Waals surface area contributed by atoms with Gasteiger partial charge in [-0.1, -0.05) is 0 Å². The maximum absolute atomic E-state index is 13.8. The van der Waals surface area contributed by atoms with Gasteiger partial charge >= 0.3 is 5.69 Å². The number of hydrogen-bond acceptors (Lipinski definition) is 4. The zero-order valence-corrected chi connectivity index (χ0v) is 11.3. The highest BCUT2D eigenvalue weighted by Crippen LogP contribution is 2.23. The van der Waals surface area contributed by atoms with Gasteiger partial charge in [0.1, 0.15) is 17.4 Å². The van der Waals surface area contributed by atoms with E-state index in [4.69, 9.17) is 0 Å². The molecule has 7 nitrogen and oxygen atoms in total. The first-order chi connectivity index (χ1) is 9.79. The number of nitrogens with zero attached hydrogens (tertiary/aromatic N) is 1. The van der Waals surface area contributed by atoms with Crippen molar-refractivity contribution in [1.29, 1.82) is 0 Å². The summed E-state index contributed by atoms with van der Waals surface area (Å²) in [5.74, 6) is -4.62. The van der Waals surface area contributed by atoms with E-state index in [-0.39, 0.29) is 0 Å². The highest BCUT2D eigenvalue weighted by Gasteiger charge is 2.27. The summed E-state index contributed by atoms with van der Waals surface area (Å²) < 4.78 is 27.3. The monoisotopic (exact) mass is 301 g/mol. The van der Waals surface area contributed by atoms with E-state index in [1.165, 1.54) is 6.92 Å². The Balaban J connectivity index is 3.05. The summed E-state index contributed by atoms with van der Waals surface area (Å²) in [5.41, 5.74) is -2.12. The molecule has 1 unspecified atom stereocenters. The Bertz CT molecular complexity index is 592. The van der Waals surface area contributed by atoms with E-state index in [9.17, 15) is 28.5 Å². The molecule has 114 valence electrons. The second-order valence-electron chi connectivity index (χ2n) is 4.10. The Morgan fingerprint density at radius 2 is 2.00 bits per heavy atom. The molecule has 1 atom stereocenters. The largest absolute Gasteiger partial charge is 0.355 e. The number of hydrogen-bond donors (Lipinski definition) is 2. The van der Waals surface area contributed by atoms with Crippen molar-refractivity contribution < 1.29 is 23.3 Å². The standard InChI is InChI=1S/C12H13F2N3O4/c1-3-15-11(18)6(2)16-12(19)9-7(13)4-5-8(10(9)14)17(20)21/h4-6H,3H2,1-2H3,(H,15,18)(H,16,19). The normalized spacial score (nSPS) is 11.6. The molecule has 0 aliphatic carbocycles. The van der Waals surface area contributed by atoms with Gasteiger partial charge in [0.25, 0.3) is 5.91 Å². The first kappa shape index (κ1) is 16.5. The summed E-state index contributed by atoms with van der Waals surface area (Å²) in [6.45, 7) is 3.29. The minimum Gasteiger partial charge on any atom is -0.355 e. The van der Waals surface area contributed by atoms with Crippen LogP contribution in [-0.2, 0) is 4.79 Å². The van der Waals surface area contributed by atoms with Crippen LogP contribution in [0, 0.1) is 21.7 Å². The van der Waals surface area contributed by atoms with Crippen LogP contribution < -0.4 is 10.6 Å². The number of amides is 2. The topological polar surface area (TPSA) is 101 Å². The van der Waals surface area contributed by atoms with E-state index in [0.29, 0.717) is 18.7 Å². The molecule has 0 aromatic heterocycles. The summed E-state index contributed by atoms with van der Waals surface area (Å²) in [7, 11) is 0. The Kier molecular flexibility index (Phi) is 5.28. The molecule has 9 heteroatoms. The number of likely N-dealkylation sites (N-methyl/N-ethyl adjacent to an activating group) is 1.